The molecule has 2 aliphatic rings. The van der Waals surface area contributed by atoms with Crippen molar-refractivity contribution in [3.05, 3.63) is 105 Å². The third-order valence-electron chi connectivity index (χ3n) is 8.68. The van der Waals surface area contributed by atoms with E-state index in [1.54, 1.807) is 54.3 Å². The largest absolute Gasteiger partial charge is 0.481 e. The maximum atomic E-state index is 14.7. The number of rotatable bonds is 11. The Balaban J connectivity index is 1.63. The van der Waals surface area contributed by atoms with Crippen LogP contribution in [0.15, 0.2) is 72.8 Å². The van der Waals surface area contributed by atoms with Gasteiger partial charge in [-0.3, -0.25) is 14.1 Å². The average Bonchev–Trinajstić information content (AvgIpc) is 3.82. The van der Waals surface area contributed by atoms with Gasteiger partial charge in [0.25, 0.3) is 0 Å². The Kier molecular flexibility index (Phi) is 9.78. The zero-order valence-electron chi connectivity index (χ0n) is 24.1. The summed E-state index contributed by atoms with van der Waals surface area (Å²) in [6, 6.07) is 22.6. The van der Waals surface area contributed by atoms with Gasteiger partial charge in [0, 0.05) is 35.1 Å². The molecule has 44 heavy (non-hydrogen) atoms. The molecule has 230 valence electrons. The predicted molar refractivity (Wildman–Crippen MR) is 169 cm³/mol. The summed E-state index contributed by atoms with van der Waals surface area (Å²) in [7, 11) is 0. The van der Waals surface area contributed by atoms with Gasteiger partial charge in [-0.15, -0.1) is 0 Å². The molecule has 1 saturated carbocycles. The number of nitriles is 1. The Morgan fingerprint density at radius 3 is 2.41 bits per heavy atom. The van der Waals surface area contributed by atoms with Crippen LogP contribution in [0.5, 0.6) is 0 Å². The summed E-state index contributed by atoms with van der Waals surface area (Å²) in [6.45, 7) is 1.86. The molecule has 8 nitrogen and oxygen atoms in total. The van der Waals surface area contributed by atoms with Crippen molar-refractivity contribution in [1.82, 2.24) is 9.21 Å². The van der Waals surface area contributed by atoms with E-state index in [4.69, 9.17) is 23.2 Å². The zero-order valence-corrected chi connectivity index (χ0v) is 26.4. The van der Waals surface area contributed by atoms with Crippen molar-refractivity contribution in [2.45, 2.75) is 57.2 Å². The Morgan fingerprint density at radius 2 is 1.80 bits per heavy atom. The van der Waals surface area contributed by atoms with Gasteiger partial charge in [0.15, 0.2) is 0 Å². The number of carboxylic acids is 1. The lowest BCUT2D eigenvalue weighted by Crippen LogP contribution is -2.59. The predicted octanol–water partition coefficient (Wildman–Crippen LogP) is 6.82. The van der Waals surface area contributed by atoms with Crippen molar-refractivity contribution < 1.29 is 23.5 Å². The summed E-state index contributed by atoms with van der Waals surface area (Å²) in [5, 5.41) is 20.3. The van der Waals surface area contributed by atoms with Crippen LogP contribution in [0.3, 0.4) is 0 Å². The monoisotopic (exact) mass is 653 g/mol. The fraction of sp³-hybridized carbons (Fsp3) is 0.364. The van der Waals surface area contributed by atoms with Crippen LogP contribution in [0.4, 0.5) is 0 Å². The molecule has 1 saturated heterocycles. The van der Waals surface area contributed by atoms with Crippen LogP contribution in [0.2, 0.25) is 10.0 Å². The van der Waals surface area contributed by atoms with E-state index in [1.165, 1.54) is 4.31 Å². The maximum Gasteiger partial charge on any atom is 0.304 e. The smallest absolute Gasteiger partial charge is 0.304 e. The molecule has 0 radical (unpaired) electrons. The fourth-order valence-corrected chi connectivity index (χ4v) is 7.39. The van der Waals surface area contributed by atoms with Gasteiger partial charge in [-0.1, -0.05) is 66.5 Å². The van der Waals surface area contributed by atoms with Gasteiger partial charge < -0.3 is 10.0 Å². The number of carbonyl (C=O) groups is 2. The number of likely N-dealkylation sites (tertiary alicyclic amines) is 1. The minimum atomic E-state index is -2.39. The van der Waals surface area contributed by atoms with Gasteiger partial charge in [-0.2, -0.15) is 9.57 Å². The number of halogens is 2. The number of nitrogens with zero attached hydrogens (tertiary/aromatic N) is 3. The molecule has 1 aliphatic heterocycles. The highest BCUT2D eigenvalue weighted by atomic mass is 35.5. The van der Waals surface area contributed by atoms with Gasteiger partial charge in [-0.05, 0) is 78.3 Å². The SMILES string of the molecule is C[C@]1(CC(=O)O)C[C@H](c2cccc(Cl)c2)[C@@H](c2ccc(Cl)cc2)N([C@H](CN(Cc2cccc(C#N)c2)S(=O)O)C2CC2)C1=O. The lowest BCUT2D eigenvalue weighted by molar-refractivity contribution is -0.161. The second-order valence-electron chi connectivity index (χ2n) is 12.0. The Bertz CT molecular complexity index is 1610. The van der Waals surface area contributed by atoms with Gasteiger partial charge in [0.05, 0.1) is 29.5 Å². The van der Waals surface area contributed by atoms with E-state index in [0.29, 0.717) is 21.2 Å². The van der Waals surface area contributed by atoms with Gasteiger partial charge in [0.2, 0.25) is 17.2 Å². The lowest BCUT2D eigenvalue weighted by atomic mass is 9.67. The summed E-state index contributed by atoms with van der Waals surface area (Å²) in [5.41, 5.74) is 1.59. The third-order valence-corrected chi connectivity index (χ3v) is 9.89. The Hall–Kier alpha value is -3.26. The van der Waals surface area contributed by atoms with Crippen LogP contribution in [-0.2, 0) is 27.4 Å². The first-order valence-electron chi connectivity index (χ1n) is 14.4. The standard InChI is InChI=1S/C33H33Cl2N3O5S/c1-33(17-30(39)40)16-28(25-6-3-7-27(35)15-25)31(24-10-12-26(34)13-11-24)38(32(33)41)29(23-8-9-23)20-37(44(42)43)19-22-5-2-4-21(14-22)18-36/h2-7,10-15,23,28-29,31H,8-9,16-17,19-20H2,1H3,(H,39,40)(H,42,43)/t28-,29-,31-,33-/m1/s1. The maximum absolute atomic E-state index is 14.7. The first kappa shape index (κ1) is 32.1. The molecule has 2 fully saturated rings. The van der Waals surface area contributed by atoms with E-state index in [-0.39, 0.29) is 43.7 Å². The average molecular weight is 655 g/mol. The highest BCUT2D eigenvalue weighted by Gasteiger charge is 2.54. The number of aliphatic carboxylic acids is 1. The highest BCUT2D eigenvalue weighted by Crippen LogP contribution is 2.54. The topological polar surface area (TPSA) is 122 Å². The Morgan fingerprint density at radius 1 is 1.09 bits per heavy atom. The van der Waals surface area contributed by atoms with Crippen molar-refractivity contribution in [2.24, 2.45) is 11.3 Å². The number of benzene rings is 3. The number of carbonyl (C=O) groups excluding carboxylic acids is 1. The van der Waals surface area contributed by atoms with Crippen LogP contribution in [-0.4, -0.2) is 47.5 Å². The number of piperidine rings is 1. The summed E-state index contributed by atoms with van der Waals surface area (Å²) in [4.78, 5) is 28.6. The van der Waals surface area contributed by atoms with Crippen LogP contribution in [0.1, 0.15) is 66.8 Å². The van der Waals surface area contributed by atoms with Crippen LogP contribution >= 0.6 is 23.2 Å². The van der Waals surface area contributed by atoms with Crippen LogP contribution in [0, 0.1) is 22.7 Å². The van der Waals surface area contributed by atoms with E-state index < -0.39 is 34.7 Å². The molecule has 0 aromatic heterocycles. The second-order valence-corrected chi connectivity index (χ2v) is 13.8. The molecule has 5 rings (SSSR count). The molecule has 0 spiro atoms. The van der Waals surface area contributed by atoms with Crippen molar-refractivity contribution >= 4 is 46.3 Å². The molecule has 1 amide bonds. The minimum Gasteiger partial charge on any atom is -0.481 e. The van der Waals surface area contributed by atoms with Crippen molar-refractivity contribution in [3.8, 4) is 6.07 Å². The Labute approximate surface area is 269 Å². The summed E-state index contributed by atoms with van der Waals surface area (Å²) >= 11 is 10.3. The number of hydrogen-bond acceptors (Lipinski definition) is 4. The van der Waals surface area contributed by atoms with E-state index in [0.717, 1.165) is 24.0 Å². The molecule has 1 heterocycles. The number of hydrogen-bond donors (Lipinski definition) is 2. The van der Waals surface area contributed by atoms with E-state index in [1.807, 2.05) is 30.3 Å². The summed E-state index contributed by atoms with van der Waals surface area (Å²) < 4.78 is 24.6. The van der Waals surface area contributed by atoms with Crippen molar-refractivity contribution in [1.29, 1.82) is 5.26 Å². The minimum absolute atomic E-state index is 0.0532. The molecule has 1 aliphatic carbocycles. The molecule has 3 aromatic rings. The van der Waals surface area contributed by atoms with Gasteiger partial charge in [0.1, 0.15) is 0 Å². The molecule has 3 aromatic carbocycles. The fourth-order valence-electron chi connectivity index (χ4n) is 6.53. The van der Waals surface area contributed by atoms with Gasteiger partial charge >= 0.3 is 5.97 Å². The molecular weight excluding hydrogens is 621 g/mol. The first-order chi connectivity index (χ1) is 21.0. The molecular formula is C33H33Cl2N3O5S. The normalized spacial score (nSPS) is 23.3. The van der Waals surface area contributed by atoms with Gasteiger partial charge in [-0.25, -0.2) is 4.21 Å². The molecule has 0 bridgehead atoms. The highest BCUT2D eigenvalue weighted by molar-refractivity contribution is 7.76. The zero-order chi connectivity index (χ0) is 31.6. The quantitative estimate of drug-likeness (QED) is 0.219. The van der Waals surface area contributed by atoms with E-state index in [2.05, 4.69) is 6.07 Å². The third kappa shape index (κ3) is 7.17. The molecule has 1 unspecified atom stereocenters. The molecule has 11 heteroatoms. The number of amides is 1. The molecule has 2 N–H and O–H groups in total. The summed E-state index contributed by atoms with van der Waals surface area (Å²) in [6.07, 6.45) is 1.57. The van der Waals surface area contributed by atoms with E-state index in [9.17, 15) is 28.7 Å². The second kappa shape index (κ2) is 13.4. The van der Waals surface area contributed by atoms with Crippen LogP contribution in [0.25, 0.3) is 0 Å². The van der Waals surface area contributed by atoms with Crippen LogP contribution < -0.4 is 0 Å². The summed E-state index contributed by atoms with van der Waals surface area (Å²) in [5.74, 6) is -1.64. The number of carboxylic acid groups (broad SMARTS) is 1. The van der Waals surface area contributed by atoms with Crippen molar-refractivity contribution in [2.75, 3.05) is 6.54 Å². The lowest BCUT2D eigenvalue weighted by Gasteiger charge is -2.52. The van der Waals surface area contributed by atoms with E-state index >= 15 is 0 Å². The van der Waals surface area contributed by atoms with Crippen molar-refractivity contribution in [3.63, 3.8) is 0 Å². The first-order valence-corrected chi connectivity index (χ1v) is 16.2. The molecule has 5 atom stereocenters.